The van der Waals surface area contributed by atoms with Crippen LogP contribution < -0.4 is 9.73 Å². The highest BCUT2D eigenvalue weighted by molar-refractivity contribution is 7.92. The van der Waals surface area contributed by atoms with Crippen LogP contribution in [0, 0.1) is 10.1 Å². The minimum atomic E-state index is -3.61. The van der Waals surface area contributed by atoms with Gasteiger partial charge >= 0.3 is 0 Å². The van der Waals surface area contributed by atoms with Gasteiger partial charge in [-0.1, -0.05) is 29.8 Å². The third-order valence-corrected chi connectivity index (χ3v) is 6.08. The molecule has 1 N–H and O–H groups in total. The van der Waals surface area contributed by atoms with Crippen LogP contribution >= 0.6 is 11.6 Å². The third-order valence-electron chi connectivity index (χ3n) is 4.57. The number of hydrazone groups is 1. The van der Waals surface area contributed by atoms with Crippen LogP contribution in [0.5, 0.6) is 0 Å². The van der Waals surface area contributed by atoms with Gasteiger partial charge in [-0.15, -0.1) is 0 Å². The summed E-state index contributed by atoms with van der Waals surface area (Å²) < 4.78 is 25.9. The molecular weight excluding hydrogens is 468 g/mol. The largest absolute Gasteiger partial charge is 0.271 e. The van der Waals surface area contributed by atoms with Crippen LogP contribution in [0.1, 0.15) is 21.5 Å². The van der Waals surface area contributed by atoms with Crippen LogP contribution in [-0.2, 0) is 16.6 Å². The third kappa shape index (κ3) is 6.37. The predicted molar refractivity (Wildman–Crippen MR) is 127 cm³/mol. The Morgan fingerprint density at radius 1 is 1.09 bits per heavy atom. The molecule has 0 atom stereocenters. The van der Waals surface area contributed by atoms with Gasteiger partial charge in [-0.3, -0.25) is 19.2 Å². The molecule has 0 aliphatic heterocycles. The van der Waals surface area contributed by atoms with Crippen LogP contribution in [0.15, 0.2) is 77.9 Å². The van der Waals surface area contributed by atoms with Gasteiger partial charge in [0.25, 0.3) is 11.6 Å². The second-order valence-corrected chi connectivity index (χ2v) is 9.27. The maximum absolute atomic E-state index is 12.3. The molecule has 0 aliphatic rings. The number of hydrogen-bond donors (Lipinski definition) is 1. The Labute approximate surface area is 195 Å². The lowest BCUT2D eigenvalue weighted by Crippen LogP contribution is -2.29. The van der Waals surface area contributed by atoms with Crippen molar-refractivity contribution in [3.63, 3.8) is 0 Å². The van der Waals surface area contributed by atoms with E-state index in [0.717, 1.165) is 6.26 Å². The summed E-state index contributed by atoms with van der Waals surface area (Å²) in [4.78, 5) is 22.5. The minimum Gasteiger partial charge on any atom is -0.267 e. The number of nitrogens with one attached hydrogen (secondary N) is 1. The standard InChI is InChI=1S/C22H19ClN4O5S/c1-33(31,32)26(15-18-4-2-3-5-21(18)23)19-12-8-17(9-13-19)22(28)25-24-14-16-6-10-20(11-7-16)27(29)30/h2-14H,15H2,1H3,(H,25,28)/b24-14-. The summed E-state index contributed by atoms with van der Waals surface area (Å²) in [6.07, 6.45) is 2.45. The lowest BCUT2D eigenvalue weighted by Gasteiger charge is -2.23. The van der Waals surface area contributed by atoms with Crippen molar-refractivity contribution in [1.82, 2.24) is 5.43 Å². The molecule has 3 aromatic carbocycles. The summed E-state index contributed by atoms with van der Waals surface area (Å²) in [5.74, 6) is -0.503. The van der Waals surface area contributed by atoms with E-state index in [1.54, 1.807) is 24.3 Å². The van der Waals surface area contributed by atoms with Gasteiger partial charge in [0.05, 0.1) is 29.6 Å². The van der Waals surface area contributed by atoms with E-state index in [4.69, 9.17) is 11.6 Å². The van der Waals surface area contributed by atoms with Gasteiger partial charge in [-0.05, 0) is 53.6 Å². The summed E-state index contributed by atoms with van der Waals surface area (Å²) in [6.45, 7) is 0.0452. The molecule has 11 heteroatoms. The molecule has 3 aromatic rings. The van der Waals surface area contributed by atoms with Crippen molar-refractivity contribution >= 4 is 45.1 Å². The number of nitro benzene ring substituents is 1. The number of anilines is 1. The number of nitrogens with zero attached hydrogens (tertiary/aromatic N) is 3. The van der Waals surface area contributed by atoms with Gasteiger partial charge in [0.2, 0.25) is 10.0 Å². The number of carbonyl (C=O) groups excluding carboxylic acids is 1. The first-order chi connectivity index (χ1) is 15.6. The molecular formula is C22H19ClN4O5S. The number of amides is 1. The summed E-state index contributed by atoms with van der Waals surface area (Å²) >= 11 is 6.17. The molecule has 0 radical (unpaired) electrons. The molecule has 3 rings (SSSR count). The highest BCUT2D eigenvalue weighted by Gasteiger charge is 2.19. The van der Waals surface area contributed by atoms with Crippen LogP contribution in [0.4, 0.5) is 11.4 Å². The maximum Gasteiger partial charge on any atom is 0.271 e. The molecule has 0 spiro atoms. The Balaban J connectivity index is 1.70. The molecule has 0 aromatic heterocycles. The topological polar surface area (TPSA) is 122 Å². The van der Waals surface area contributed by atoms with Crippen molar-refractivity contribution in [3.05, 3.63) is 105 Å². The van der Waals surface area contributed by atoms with Gasteiger partial charge in [0.1, 0.15) is 0 Å². The van der Waals surface area contributed by atoms with E-state index in [9.17, 15) is 23.3 Å². The van der Waals surface area contributed by atoms with E-state index in [0.29, 0.717) is 21.8 Å². The second kappa shape index (κ2) is 10.2. The fraction of sp³-hybridized carbons (Fsp3) is 0.0909. The Hall–Kier alpha value is -3.76. The van der Waals surface area contributed by atoms with Crippen molar-refractivity contribution in [2.75, 3.05) is 10.6 Å². The van der Waals surface area contributed by atoms with Crippen molar-refractivity contribution in [1.29, 1.82) is 0 Å². The molecule has 0 heterocycles. The first-order valence-electron chi connectivity index (χ1n) is 9.54. The van der Waals surface area contributed by atoms with E-state index in [-0.39, 0.29) is 17.8 Å². The zero-order valence-corrected chi connectivity index (χ0v) is 19.0. The van der Waals surface area contributed by atoms with Crippen LogP contribution in [0.25, 0.3) is 0 Å². The van der Waals surface area contributed by atoms with Crippen LogP contribution in [0.3, 0.4) is 0 Å². The number of nitro groups is 1. The highest BCUT2D eigenvalue weighted by atomic mass is 35.5. The lowest BCUT2D eigenvalue weighted by molar-refractivity contribution is -0.384. The first kappa shape index (κ1) is 23.9. The van der Waals surface area contributed by atoms with Gasteiger partial charge in [0.15, 0.2) is 0 Å². The van der Waals surface area contributed by atoms with Crippen molar-refractivity contribution in [2.45, 2.75) is 6.54 Å². The Morgan fingerprint density at radius 3 is 2.30 bits per heavy atom. The van der Waals surface area contributed by atoms with Gasteiger partial charge < -0.3 is 0 Å². The number of rotatable bonds is 8. The SMILES string of the molecule is CS(=O)(=O)N(Cc1ccccc1Cl)c1ccc(C(=O)N/N=C\c2ccc([N+](=O)[O-])cc2)cc1. The zero-order valence-electron chi connectivity index (χ0n) is 17.4. The summed E-state index contributed by atoms with van der Waals surface area (Å²) in [5, 5.41) is 15.0. The number of sulfonamides is 1. The van der Waals surface area contributed by atoms with Crippen LogP contribution in [0.2, 0.25) is 5.02 Å². The number of benzene rings is 3. The smallest absolute Gasteiger partial charge is 0.267 e. The molecule has 0 bridgehead atoms. The zero-order chi connectivity index (χ0) is 24.0. The Bertz CT molecular complexity index is 1290. The van der Waals surface area contributed by atoms with Crippen molar-refractivity contribution in [3.8, 4) is 0 Å². The van der Waals surface area contributed by atoms with Gasteiger partial charge in [0, 0.05) is 22.7 Å². The van der Waals surface area contributed by atoms with Crippen LogP contribution in [-0.4, -0.2) is 31.7 Å². The monoisotopic (exact) mass is 486 g/mol. The summed E-state index contributed by atoms with van der Waals surface area (Å²) in [5.41, 5.74) is 4.17. The summed E-state index contributed by atoms with van der Waals surface area (Å²) in [7, 11) is -3.61. The molecule has 1 amide bonds. The Morgan fingerprint density at radius 2 is 1.73 bits per heavy atom. The highest BCUT2D eigenvalue weighted by Crippen LogP contribution is 2.24. The molecule has 0 saturated heterocycles. The summed E-state index contributed by atoms with van der Waals surface area (Å²) in [6, 6.07) is 18.6. The number of halogens is 1. The average Bonchev–Trinajstić information content (AvgIpc) is 2.78. The lowest BCUT2D eigenvalue weighted by atomic mass is 10.2. The van der Waals surface area contributed by atoms with Gasteiger partial charge in [-0.25, -0.2) is 13.8 Å². The maximum atomic E-state index is 12.3. The van der Waals surface area contributed by atoms with Crippen molar-refractivity contribution < 1.29 is 18.1 Å². The molecule has 0 aliphatic carbocycles. The second-order valence-electron chi connectivity index (χ2n) is 6.96. The molecule has 0 fully saturated rings. The number of non-ortho nitro benzene ring substituents is 1. The molecule has 33 heavy (non-hydrogen) atoms. The molecule has 0 saturated carbocycles. The Kier molecular flexibility index (Phi) is 7.41. The molecule has 170 valence electrons. The normalized spacial score (nSPS) is 11.3. The molecule has 9 nitrogen and oxygen atoms in total. The predicted octanol–water partition coefficient (Wildman–Crippen LogP) is 3.98. The fourth-order valence-corrected chi connectivity index (χ4v) is 3.95. The van der Waals surface area contributed by atoms with E-state index in [2.05, 4.69) is 10.5 Å². The van der Waals surface area contributed by atoms with E-state index in [1.807, 2.05) is 0 Å². The quantitative estimate of drug-likeness (QED) is 0.293. The minimum absolute atomic E-state index is 0.0452. The fourth-order valence-electron chi connectivity index (χ4n) is 2.87. The number of hydrogen-bond acceptors (Lipinski definition) is 6. The van der Waals surface area contributed by atoms with E-state index < -0.39 is 20.9 Å². The van der Waals surface area contributed by atoms with Gasteiger partial charge in [-0.2, -0.15) is 5.10 Å². The first-order valence-corrected chi connectivity index (χ1v) is 11.8. The molecule has 0 unspecified atom stereocenters. The van der Waals surface area contributed by atoms with E-state index >= 15 is 0 Å². The average molecular weight is 487 g/mol. The number of carbonyl (C=O) groups is 1. The van der Waals surface area contributed by atoms with Crippen molar-refractivity contribution in [2.24, 2.45) is 5.10 Å². The van der Waals surface area contributed by atoms with E-state index in [1.165, 1.54) is 59.1 Å².